The standard InChI is InChI=1S/C17H18N2O6S/c1-4-24-16(21)13-10(2)14(17(22)23-3)26-15(13)19-11(20)9-25-12-7-5-6-8-18-12/h5-8H,4,9H2,1-3H3,(H,19,20). The minimum Gasteiger partial charge on any atom is -0.468 e. The first-order valence-electron chi connectivity index (χ1n) is 7.70. The molecule has 0 spiro atoms. The van der Waals surface area contributed by atoms with E-state index in [1.54, 1.807) is 32.0 Å². The number of hydrogen-bond donors (Lipinski definition) is 1. The van der Waals surface area contributed by atoms with Crippen molar-refractivity contribution >= 4 is 34.2 Å². The Balaban J connectivity index is 2.19. The number of amides is 1. The Labute approximate surface area is 154 Å². The molecule has 0 unspecified atom stereocenters. The topological polar surface area (TPSA) is 104 Å². The first-order valence-corrected chi connectivity index (χ1v) is 8.52. The maximum atomic E-state index is 12.2. The fourth-order valence-corrected chi connectivity index (χ4v) is 3.20. The van der Waals surface area contributed by atoms with Gasteiger partial charge in [0.25, 0.3) is 5.91 Å². The number of rotatable bonds is 7. The average Bonchev–Trinajstić information content (AvgIpc) is 2.96. The summed E-state index contributed by atoms with van der Waals surface area (Å²) >= 11 is 0.944. The van der Waals surface area contributed by atoms with Gasteiger partial charge in [-0.15, -0.1) is 11.3 Å². The lowest BCUT2D eigenvalue weighted by atomic mass is 10.1. The van der Waals surface area contributed by atoms with Crippen LogP contribution < -0.4 is 10.1 Å². The number of aromatic nitrogens is 1. The third-order valence-corrected chi connectivity index (χ3v) is 4.43. The second kappa shape index (κ2) is 8.95. The molecule has 0 radical (unpaired) electrons. The zero-order chi connectivity index (χ0) is 19.1. The minimum atomic E-state index is -0.627. The number of carbonyl (C=O) groups excluding carboxylic acids is 3. The lowest BCUT2D eigenvalue weighted by Crippen LogP contribution is -2.21. The van der Waals surface area contributed by atoms with Crippen LogP contribution in [-0.4, -0.2) is 43.2 Å². The molecule has 0 bridgehead atoms. The number of methoxy groups -OCH3 is 1. The summed E-state index contributed by atoms with van der Waals surface area (Å²) in [5.41, 5.74) is 0.518. The highest BCUT2D eigenvalue weighted by molar-refractivity contribution is 7.18. The van der Waals surface area contributed by atoms with Crippen molar-refractivity contribution in [3.8, 4) is 5.88 Å². The van der Waals surface area contributed by atoms with Gasteiger partial charge >= 0.3 is 11.9 Å². The quantitative estimate of drug-likeness (QED) is 0.738. The van der Waals surface area contributed by atoms with Gasteiger partial charge in [0, 0.05) is 12.3 Å². The van der Waals surface area contributed by atoms with Crippen molar-refractivity contribution in [3.05, 3.63) is 40.4 Å². The highest BCUT2D eigenvalue weighted by Crippen LogP contribution is 2.34. The highest BCUT2D eigenvalue weighted by atomic mass is 32.1. The van der Waals surface area contributed by atoms with Crippen molar-refractivity contribution in [1.82, 2.24) is 4.98 Å². The third-order valence-electron chi connectivity index (χ3n) is 3.24. The molecule has 1 N–H and O–H groups in total. The number of hydrogen-bond acceptors (Lipinski definition) is 8. The van der Waals surface area contributed by atoms with Gasteiger partial charge in [0.15, 0.2) is 6.61 Å². The van der Waals surface area contributed by atoms with E-state index >= 15 is 0 Å². The number of anilines is 1. The third kappa shape index (κ3) is 4.57. The molecular weight excluding hydrogens is 360 g/mol. The van der Waals surface area contributed by atoms with E-state index in [0.717, 1.165) is 11.3 Å². The van der Waals surface area contributed by atoms with E-state index in [0.29, 0.717) is 11.4 Å². The number of carbonyl (C=O) groups is 3. The van der Waals surface area contributed by atoms with Gasteiger partial charge in [-0.25, -0.2) is 14.6 Å². The molecule has 0 aromatic carbocycles. The van der Waals surface area contributed by atoms with Crippen LogP contribution in [0.25, 0.3) is 0 Å². The molecular formula is C17H18N2O6S. The van der Waals surface area contributed by atoms with Crippen LogP contribution in [-0.2, 0) is 14.3 Å². The molecule has 0 saturated heterocycles. The van der Waals surface area contributed by atoms with Crippen LogP contribution in [0, 0.1) is 6.92 Å². The summed E-state index contributed by atoms with van der Waals surface area (Å²) in [5.74, 6) is -1.43. The van der Waals surface area contributed by atoms with Gasteiger partial charge in [-0.2, -0.15) is 0 Å². The van der Waals surface area contributed by atoms with E-state index < -0.39 is 17.8 Å². The van der Waals surface area contributed by atoms with Crippen LogP contribution >= 0.6 is 11.3 Å². The molecule has 0 saturated carbocycles. The molecule has 0 atom stereocenters. The van der Waals surface area contributed by atoms with E-state index in [-0.39, 0.29) is 28.7 Å². The normalized spacial score (nSPS) is 10.1. The lowest BCUT2D eigenvalue weighted by molar-refractivity contribution is -0.118. The molecule has 2 heterocycles. The second-order valence-corrected chi connectivity index (χ2v) is 6.00. The molecule has 0 fully saturated rings. The predicted octanol–water partition coefficient (Wildman–Crippen LogP) is 2.43. The van der Waals surface area contributed by atoms with Crippen molar-refractivity contribution in [2.75, 3.05) is 25.6 Å². The number of ether oxygens (including phenoxy) is 3. The zero-order valence-electron chi connectivity index (χ0n) is 14.5. The molecule has 9 heteroatoms. The SMILES string of the molecule is CCOC(=O)c1c(NC(=O)COc2ccccn2)sc(C(=O)OC)c1C. The van der Waals surface area contributed by atoms with Crippen LogP contribution in [0.2, 0.25) is 0 Å². The molecule has 0 aliphatic rings. The van der Waals surface area contributed by atoms with E-state index in [9.17, 15) is 14.4 Å². The Kier molecular flexibility index (Phi) is 6.67. The van der Waals surface area contributed by atoms with Crippen molar-refractivity contribution in [2.24, 2.45) is 0 Å². The zero-order valence-corrected chi connectivity index (χ0v) is 15.3. The molecule has 8 nitrogen and oxygen atoms in total. The summed E-state index contributed by atoms with van der Waals surface area (Å²) in [6.45, 7) is 3.12. The number of nitrogens with zero attached hydrogens (tertiary/aromatic N) is 1. The van der Waals surface area contributed by atoms with Gasteiger partial charge in [0.2, 0.25) is 5.88 Å². The molecule has 2 aromatic heterocycles. The van der Waals surface area contributed by atoms with Crippen LogP contribution in [0.15, 0.2) is 24.4 Å². The van der Waals surface area contributed by atoms with Crippen molar-refractivity contribution in [3.63, 3.8) is 0 Å². The lowest BCUT2D eigenvalue weighted by Gasteiger charge is -2.08. The van der Waals surface area contributed by atoms with Crippen LogP contribution in [0.1, 0.15) is 32.5 Å². The predicted molar refractivity (Wildman–Crippen MR) is 94.7 cm³/mol. The van der Waals surface area contributed by atoms with Gasteiger partial charge in [0.1, 0.15) is 9.88 Å². The van der Waals surface area contributed by atoms with Gasteiger partial charge in [-0.1, -0.05) is 6.07 Å². The Morgan fingerprint density at radius 3 is 2.62 bits per heavy atom. The molecule has 2 aromatic rings. The van der Waals surface area contributed by atoms with Crippen LogP contribution in [0.4, 0.5) is 5.00 Å². The Hall–Kier alpha value is -2.94. The molecule has 2 rings (SSSR count). The molecule has 1 amide bonds. The van der Waals surface area contributed by atoms with Crippen LogP contribution in [0.5, 0.6) is 5.88 Å². The van der Waals surface area contributed by atoms with Gasteiger partial charge in [0.05, 0.1) is 19.3 Å². The summed E-state index contributed by atoms with van der Waals surface area (Å²) < 4.78 is 15.0. The first-order chi connectivity index (χ1) is 12.5. The number of thiophene rings is 1. The minimum absolute atomic E-state index is 0.128. The largest absolute Gasteiger partial charge is 0.468 e. The monoisotopic (exact) mass is 378 g/mol. The van der Waals surface area contributed by atoms with E-state index in [1.807, 2.05) is 0 Å². The average molecular weight is 378 g/mol. The van der Waals surface area contributed by atoms with E-state index in [4.69, 9.17) is 14.2 Å². The summed E-state index contributed by atoms with van der Waals surface area (Å²) in [7, 11) is 1.24. The number of nitrogens with one attached hydrogen (secondary N) is 1. The fourth-order valence-electron chi connectivity index (χ4n) is 2.07. The highest BCUT2D eigenvalue weighted by Gasteiger charge is 2.27. The summed E-state index contributed by atoms with van der Waals surface area (Å²) in [4.78, 5) is 40.4. The number of esters is 2. The summed E-state index contributed by atoms with van der Waals surface area (Å²) in [6, 6.07) is 5.06. The number of pyridine rings is 1. The maximum absolute atomic E-state index is 12.2. The molecule has 138 valence electrons. The molecule has 0 aliphatic carbocycles. The van der Waals surface area contributed by atoms with E-state index in [1.165, 1.54) is 13.3 Å². The molecule has 26 heavy (non-hydrogen) atoms. The second-order valence-electron chi connectivity index (χ2n) is 4.98. The van der Waals surface area contributed by atoms with Gasteiger partial charge in [-0.05, 0) is 25.5 Å². The van der Waals surface area contributed by atoms with Gasteiger partial charge in [-0.3, -0.25) is 4.79 Å². The van der Waals surface area contributed by atoms with E-state index in [2.05, 4.69) is 10.3 Å². The summed E-state index contributed by atoms with van der Waals surface area (Å²) in [5, 5.41) is 2.78. The fraction of sp³-hybridized carbons (Fsp3) is 0.294. The van der Waals surface area contributed by atoms with Gasteiger partial charge < -0.3 is 19.5 Å². The van der Waals surface area contributed by atoms with Crippen molar-refractivity contribution in [2.45, 2.75) is 13.8 Å². The Bertz CT molecular complexity index is 803. The Morgan fingerprint density at radius 2 is 2.00 bits per heavy atom. The Morgan fingerprint density at radius 1 is 1.23 bits per heavy atom. The maximum Gasteiger partial charge on any atom is 0.348 e. The summed E-state index contributed by atoms with van der Waals surface area (Å²) in [6.07, 6.45) is 1.54. The first kappa shape index (κ1) is 19.4. The molecule has 0 aliphatic heterocycles. The van der Waals surface area contributed by atoms with Crippen molar-refractivity contribution in [1.29, 1.82) is 0 Å². The smallest absolute Gasteiger partial charge is 0.348 e. The van der Waals surface area contributed by atoms with Crippen LogP contribution in [0.3, 0.4) is 0 Å². The van der Waals surface area contributed by atoms with Crippen molar-refractivity contribution < 1.29 is 28.6 Å².